The Hall–Kier alpha value is -1.44. The Balaban J connectivity index is 2.32. The maximum Gasteiger partial charge on any atom is 0.244 e. The Bertz CT molecular complexity index is 708. The largest absolute Gasteiger partial charge is 0.361 e. The monoisotopic (exact) mass is 315 g/mol. The van der Waals surface area contributed by atoms with E-state index in [1.807, 2.05) is 0 Å². The first-order valence-corrected chi connectivity index (χ1v) is 7.73. The highest BCUT2D eigenvalue weighted by Gasteiger charge is 2.24. The Morgan fingerprint density at radius 1 is 1.40 bits per heavy atom. The zero-order valence-electron chi connectivity index (χ0n) is 11.2. The number of aryl methyl sites for hydroxylation is 2. The summed E-state index contributed by atoms with van der Waals surface area (Å²) in [5.41, 5.74) is 1.36. The Morgan fingerprint density at radius 2 is 2.10 bits per heavy atom. The maximum atomic E-state index is 12.3. The van der Waals surface area contributed by atoms with Crippen molar-refractivity contribution in [3.8, 4) is 0 Å². The van der Waals surface area contributed by atoms with Gasteiger partial charge in [-0.15, -0.1) is 0 Å². The molecule has 1 atom stereocenters. The van der Waals surface area contributed by atoms with Gasteiger partial charge in [0.05, 0.1) is 10.7 Å². The average molecular weight is 316 g/mol. The molecule has 0 bridgehead atoms. The summed E-state index contributed by atoms with van der Waals surface area (Å²) in [6.45, 7) is 5.21. The van der Waals surface area contributed by atoms with Crippen LogP contribution in [0.5, 0.6) is 0 Å². The molecule has 0 fully saturated rings. The second kappa shape index (κ2) is 5.51. The topological polar surface area (TPSA) is 85.1 Å². The lowest BCUT2D eigenvalue weighted by Gasteiger charge is -2.14. The number of halogens is 1. The molecule has 2 heterocycles. The highest BCUT2D eigenvalue weighted by Crippen LogP contribution is 2.25. The van der Waals surface area contributed by atoms with Crippen molar-refractivity contribution in [3.05, 3.63) is 40.5 Å². The molecule has 8 heteroatoms. The van der Waals surface area contributed by atoms with Gasteiger partial charge in [-0.05, 0) is 26.8 Å². The second-order valence-electron chi connectivity index (χ2n) is 4.39. The van der Waals surface area contributed by atoms with Gasteiger partial charge in [-0.3, -0.25) is 4.98 Å². The van der Waals surface area contributed by atoms with E-state index in [0.29, 0.717) is 17.0 Å². The van der Waals surface area contributed by atoms with Crippen LogP contribution in [0.4, 0.5) is 0 Å². The summed E-state index contributed by atoms with van der Waals surface area (Å²) in [6, 6.07) is 0.943. The zero-order valence-corrected chi connectivity index (χ0v) is 12.8. The van der Waals surface area contributed by atoms with Crippen LogP contribution in [0.3, 0.4) is 0 Å². The van der Waals surface area contributed by atoms with Gasteiger partial charge in [-0.25, -0.2) is 13.1 Å². The van der Waals surface area contributed by atoms with Gasteiger partial charge in [-0.2, -0.15) is 0 Å². The van der Waals surface area contributed by atoms with Crippen molar-refractivity contribution in [1.82, 2.24) is 14.9 Å². The maximum absolute atomic E-state index is 12.3. The number of hydrogen-bond donors (Lipinski definition) is 1. The summed E-state index contributed by atoms with van der Waals surface area (Å²) < 4.78 is 32.2. The average Bonchev–Trinajstić information content (AvgIpc) is 2.68. The fourth-order valence-corrected chi connectivity index (χ4v) is 3.67. The summed E-state index contributed by atoms with van der Waals surface area (Å²) in [7, 11) is -3.76. The van der Waals surface area contributed by atoms with Gasteiger partial charge in [0.25, 0.3) is 0 Å². The van der Waals surface area contributed by atoms with Crippen LogP contribution in [0.15, 0.2) is 27.9 Å². The van der Waals surface area contributed by atoms with Gasteiger partial charge in [0, 0.05) is 24.0 Å². The molecular weight excluding hydrogens is 302 g/mol. The van der Waals surface area contributed by atoms with Crippen LogP contribution < -0.4 is 4.72 Å². The standard InChI is InChI=1S/C12H14ClN3O3S/c1-7-12(9(3)19-15-7)8(2)16-20(17,18)11-6-14-5-4-10(11)13/h4-6,8,16H,1-3H3. The number of hydrogen-bond acceptors (Lipinski definition) is 5. The molecular formula is C12H14ClN3O3S. The van der Waals surface area contributed by atoms with Gasteiger partial charge >= 0.3 is 0 Å². The van der Waals surface area contributed by atoms with Crippen LogP contribution in [-0.4, -0.2) is 18.6 Å². The summed E-state index contributed by atoms with van der Waals surface area (Å²) in [5, 5.41) is 3.93. The fraction of sp³-hybridized carbons (Fsp3) is 0.333. The van der Waals surface area contributed by atoms with Crippen molar-refractivity contribution in [2.75, 3.05) is 0 Å². The Labute approximate surface area is 122 Å². The molecule has 20 heavy (non-hydrogen) atoms. The lowest BCUT2D eigenvalue weighted by atomic mass is 10.1. The predicted molar refractivity (Wildman–Crippen MR) is 74.0 cm³/mol. The minimum absolute atomic E-state index is 0.0553. The molecule has 1 unspecified atom stereocenters. The third-order valence-corrected chi connectivity index (χ3v) is 4.89. The smallest absolute Gasteiger partial charge is 0.244 e. The molecule has 0 saturated carbocycles. The van der Waals surface area contributed by atoms with Crippen molar-refractivity contribution in [2.24, 2.45) is 0 Å². The number of nitrogens with one attached hydrogen (secondary N) is 1. The first-order chi connectivity index (χ1) is 9.33. The van der Waals surface area contributed by atoms with Crippen LogP contribution in [0.2, 0.25) is 5.02 Å². The van der Waals surface area contributed by atoms with E-state index < -0.39 is 16.1 Å². The second-order valence-corrected chi connectivity index (χ2v) is 6.48. The quantitative estimate of drug-likeness (QED) is 0.936. The minimum Gasteiger partial charge on any atom is -0.361 e. The van der Waals surface area contributed by atoms with Gasteiger partial charge in [0.1, 0.15) is 10.7 Å². The Kier molecular flexibility index (Phi) is 4.12. The molecule has 2 aromatic heterocycles. The first kappa shape index (κ1) is 15.0. The van der Waals surface area contributed by atoms with Gasteiger partial charge < -0.3 is 4.52 Å². The molecule has 6 nitrogen and oxygen atoms in total. The van der Waals surface area contributed by atoms with E-state index in [2.05, 4.69) is 14.9 Å². The van der Waals surface area contributed by atoms with E-state index in [-0.39, 0.29) is 9.92 Å². The first-order valence-electron chi connectivity index (χ1n) is 5.87. The molecule has 108 valence electrons. The van der Waals surface area contributed by atoms with Crippen molar-refractivity contribution in [1.29, 1.82) is 0 Å². The van der Waals surface area contributed by atoms with E-state index in [9.17, 15) is 8.42 Å². The van der Waals surface area contributed by atoms with Crippen molar-refractivity contribution in [3.63, 3.8) is 0 Å². The van der Waals surface area contributed by atoms with Crippen LogP contribution in [0, 0.1) is 13.8 Å². The molecule has 0 amide bonds. The van der Waals surface area contributed by atoms with Crippen LogP contribution >= 0.6 is 11.6 Å². The third kappa shape index (κ3) is 2.84. The van der Waals surface area contributed by atoms with Crippen molar-refractivity contribution in [2.45, 2.75) is 31.7 Å². The molecule has 0 aromatic carbocycles. The van der Waals surface area contributed by atoms with E-state index in [1.54, 1.807) is 20.8 Å². The lowest BCUT2D eigenvalue weighted by molar-refractivity contribution is 0.391. The normalized spacial score (nSPS) is 13.4. The molecule has 2 aromatic rings. The summed E-state index contributed by atoms with van der Waals surface area (Å²) in [5.74, 6) is 0.579. The van der Waals surface area contributed by atoms with E-state index in [1.165, 1.54) is 18.5 Å². The molecule has 0 aliphatic rings. The summed E-state index contributed by atoms with van der Waals surface area (Å²) in [4.78, 5) is 3.73. The summed E-state index contributed by atoms with van der Waals surface area (Å²) in [6.07, 6.45) is 2.64. The highest BCUT2D eigenvalue weighted by atomic mass is 35.5. The molecule has 0 aliphatic heterocycles. The number of nitrogens with zero attached hydrogens (tertiary/aromatic N) is 2. The third-order valence-electron chi connectivity index (χ3n) is 2.88. The van der Waals surface area contributed by atoms with E-state index >= 15 is 0 Å². The molecule has 0 aliphatic carbocycles. The van der Waals surface area contributed by atoms with Gasteiger partial charge in [-0.1, -0.05) is 16.8 Å². The van der Waals surface area contributed by atoms with E-state index in [0.717, 1.165) is 0 Å². The highest BCUT2D eigenvalue weighted by molar-refractivity contribution is 7.89. The molecule has 1 N–H and O–H groups in total. The summed E-state index contributed by atoms with van der Waals surface area (Å²) >= 11 is 5.89. The molecule has 0 radical (unpaired) electrons. The van der Waals surface area contributed by atoms with Crippen molar-refractivity contribution >= 4 is 21.6 Å². The van der Waals surface area contributed by atoms with Crippen LogP contribution in [0.1, 0.15) is 30.0 Å². The van der Waals surface area contributed by atoms with Crippen LogP contribution in [-0.2, 0) is 10.0 Å². The van der Waals surface area contributed by atoms with Crippen molar-refractivity contribution < 1.29 is 12.9 Å². The lowest BCUT2D eigenvalue weighted by Crippen LogP contribution is -2.27. The number of rotatable bonds is 4. The number of pyridine rings is 1. The van der Waals surface area contributed by atoms with Crippen LogP contribution in [0.25, 0.3) is 0 Å². The Morgan fingerprint density at radius 3 is 2.65 bits per heavy atom. The number of sulfonamides is 1. The predicted octanol–water partition coefficient (Wildman–Crippen LogP) is 2.38. The fourth-order valence-electron chi connectivity index (χ4n) is 2.02. The minimum atomic E-state index is -3.76. The number of aromatic nitrogens is 2. The molecule has 0 saturated heterocycles. The van der Waals surface area contributed by atoms with Gasteiger partial charge in [0.2, 0.25) is 10.0 Å². The molecule has 2 rings (SSSR count). The SMILES string of the molecule is Cc1noc(C)c1C(C)NS(=O)(=O)c1cnccc1Cl. The molecule has 0 spiro atoms. The van der Waals surface area contributed by atoms with E-state index in [4.69, 9.17) is 16.1 Å². The zero-order chi connectivity index (χ0) is 14.9. The van der Waals surface area contributed by atoms with Gasteiger partial charge in [0.15, 0.2) is 0 Å².